The molecular weight excluding hydrogens is 476 g/mol. The Labute approximate surface area is 193 Å². The molecule has 0 saturated carbocycles. The zero-order valence-electron chi connectivity index (χ0n) is 17.0. The molecule has 1 amide bonds. The average Bonchev–Trinajstić information content (AvgIpc) is 3.36. The summed E-state index contributed by atoms with van der Waals surface area (Å²) < 4.78 is 12.4. The number of rotatable bonds is 7. The molecule has 0 N–H and O–H groups in total. The van der Waals surface area contributed by atoms with Crippen LogP contribution in [-0.4, -0.2) is 35.7 Å². The summed E-state index contributed by atoms with van der Waals surface area (Å²) in [6.45, 7) is 3.45. The van der Waals surface area contributed by atoms with E-state index in [4.69, 9.17) is 9.15 Å². The minimum atomic E-state index is -0.0963. The third-order valence-electron chi connectivity index (χ3n) is 4.56. The van der Waals surface area contributed by atoms with Gasteiger partial charge in [-0.15, -0.1) is 0 Å². The van der Waals surface area contributed by atoms with Gasteiger partial charge < -0.3 is 9.15 Å². The van der Waals surface area contributed by atoms with E-state index in [1.165, 1.54) is 11.8 Å². The smallest absolute Gasteiger partial charge is 0.266 e. The molecule has 0 unspecified atom stereocenters. The van der Waals surface area contributed by atoms with Gasteiger partial charge in [0, 0.05) is 22.7 Å². The number of amides is 1. The summed E-state index contributed by atoms with van der Waals surface area (Å²) in [5, 5.41) is 0.641. The highest BCUT2D eigenvalue weighted by Gasteiger charge is 2.33. The molecule has 0 bridgehead atoms. The summed E-state index contributed by atoms with van der Waals surface area (Å²) in [6.07, 6.45) is 1.77. The van der Waals surface area contributed by atoms with E-state index in [-0.39, 0.29) is 5.91 Å². The number of nitrogens with zero attached hydrogens (tertiary/aromatic N) is 2. The van der Waals surface area contributed by atoms with Gasteiger partial charge in [-0.05, 0) is 55.1 Å². The fourth-order valence-corrected chi connectivity index (χ4v) is 4.30. The first-order valence-electron chi connectivity index (χ1n) is 9.92. The number of halogens is 1. The van der Waals surface area contributed by atoms with Crippen molar-refractivity contribution in [2.75, 3.05) is 19.8 Å². The van der Waals surface area contributed by atoms with E-state index in [9.17, 15) is 4.79 Å². The molecule has 0 radical (unpaired) electrons. The Kier molecular flexibility index (Phi) is 7.06. The van der Waals surface area contributed by atoms with E-state index < -0.39 is 0 Å². The molecule has 4 rings (SSSR count). The maximum atomic E-state index is 13.1. The van der Waals surface area contributed by atoms with Gasteiger partial charge in [0.2, 0.25) is 0 Å². The van der Waals surface area contributed by atoms with Crippen molar-refractivity contribution in [1.29, 1.82) is 0 Å². The maximum absolute atomic E-state index is 13.1. The van der Waals surface area contributed by atoms with Crippen molar-refractivity contribution in [2.45, 2.75) is 6.92 Å². The standard InChI is InChI=1S/C24H21BrN2O3S/c1-2-29-15-14-27-23(28)22(31-24(27)26-19-6-4-3-5-7-19)16-20-12-13-21(30-20)17-8-10-18(25)11-9-17/h3-13,16H,2,14-15H2,1H3/b22-16+,26-24?. The lowest BCUT2D eigenvalue weighted by Gasteiger charge is -2.15. The number of furan rings is 1. The van der Waals surface area contributed by atoms with E-state index in [0.29, 0.717) is 35.6 Å². The first-order chi connectivity index (χ1) is 15.1. The number of thioether (sulfide) groups is 1. The first kappa shape index (κ1) is 21.6. The van der Waals surface area contributed by atoms with Gasteiger partial charge >= 0.3 is 0 Å². The van der Waals surface area contributed by atoms with Crippen LogP contribution in [0.25, 0.3) is 17.4 Å². The number of carbonyl (C=O) groups is 1. The van der Waals surface area contributed by atoms with Crippen LogP contribution in [0, 0.1) is 0 Å². The van der Waals surface area contributed by atoms with E-state index in [1.807, 2.05) is 73.7 Å². The summed E-state index contributed by atoms with van der Waals surface area (Å²) in [7, 11) is 0. The maximum Gasteiger partial charge on any atom is 0.266 e. The molecule has 1 fully saturated rings. The van der Waals surface area contributed by atoms with Crippen LogP contribution >= 0.6 is 27.7 Å². The van der Waals surface area contributed by atoms with Gasteiger partial charge in [0.25, 0.3) is 5.91 Å². The van der Waals surface area contributed by atoms with Gasteiger partial charge in [-0.25, -0.2) is 4.99 Å². The number of para-hydroxylation sites is 1. The lowest BCUT2D eigenvalue weighted by Crippen LogP contribution is -2.32. The zero-order valence-corrected chi connectivity index (χ0v) is 19.4. The third kappa shape index (κ3) is 5.36. The minimum Gasteiger partial charge on any atom is -0.457 e. The van der Waals surface area contributed by atoms with Gasteiger partial charge in [-0.1, -0.05) is 46.3 Å². The quantitative estimate of drug-likeness (QED) is 0.282. The average molecular weight is 497 g/mol. The Morgan fingerprint density at radius 3 is 2.61 bits per heavy atom. The number of amidine groups is 1. The molecule has 7 heteroatoms. The SMILES string of the molecule is CCOCCN1C(=O)/C(=C\c2ccc(-c3ccc(Br)cc3)o2)SC1=Nc1ccccc1. The van der Waals surface area contributed by atoms with Crippen LogP contribution in [-0.2, 0) is 9.53 Å². The molecule has 31 heavy (non-hydrogen) atoms. The Balaban J connectivity index is 1.59. The van der Waals surface area contributed by atoms with Crippen molar-refractivity contribution in [3.8, 4) is 11.3 Å². The van der Waals surface area contributed by atoms with Crippen LogP contribution in [0.3, 0.4) is 0 Å². The van der Waals surface area contributed by atoms with Gasteiger partial charge in [-0.3, -0.25) is 9.69 Å². The molecule has 1 aromatic heterocycles. The normalized spacial score (nSPS) is 16.6. The zero-order chi connectivity index (χ0) is 21.6. The third-order valence-corrected chi connectivity index (χ3v) is 6.10. The Bertz CT molecular complexity index is 1110. The van der Waals surface area contributed by atoms with Crippen LogP contribution in [0.1, 0.15) is 12.7 Å². The molecule has 5 nitrogen and oxygen atoms in total. The topological polar surface area (TPSA) is 55.0 Å². The van der Waals surface area contributed by atoms with Crippen LogP contribution in [0.15, 0.2) is 85.5 Å². The molecule has 0 aliphatic carbocycles. The fourth-order valence-electron chi connectivity index (χ4n) is 3.03. The lowest BCUT2D eigenvalue weighted by molar-refractivity contribution is -0.122. The molecule has 0 atom stereocenters. The summed E-state index contributed by atoms with van der Waals surface area (Å²) in [6, 6.07) is 21.3. The highest BCUT2D eigenvalue weighted by atomic mass is 79.9. The molecular formula is C24H21BrN2O3S. The molecule has 1 saturated heterocycles. The van der Waals surface area contributed by atoms with E-state index in [1.54, 1.807) is 11.0 Å². The molecule has 158 valence electrons. The van der Waals surface area contributed by atoms with Crippen LogP contribution in [0.2, 0.25) is 0 Å². The number of carbonyl (C=O) groups excluding carboxylic acids is 1. The van der Waals surface area contributed by atoms with Gasteiger partial charge in [0.1, 0.15) is 11.5 Å². The van der Waals surface area contributed by atoms with Crippen molar-refractivity contribution in [3.05, 3.63) is 81.9 Å². The van der Waals surface area contributed by atoms with Gasteiger partial charge in [0.05, 0.1) is 23.7 Å². The fraction of sp³-hybridized carbons (Fsp3) is 0.167. The monoisotopic (exact) mass is 496 g/mol. The molecule has 2 aromatic carbocycles. The van der Waals surface area contributed by atoms with Crippen molar-refractivity contribution in [1.82, 2.24) is 4.90 Å². The number of benzene rings is 2. The predicted octanol–water partition coefficient (Wildman–Crippen LogP) is 6.35. The Hall–Kier alpha value is -2.61. The van der Waals surface area contributed by atoms with E-state index in [2.05, 4.69) is 20.9 Å². The Morgan fingerprint density at radius 1 is 1.10 bits per heavy atom. The van der Waals surface area contributed by atoms with Crippen LogP contribution in [0.4, 0.5) is 5.69 Å². The van der Waals surface area contributed by atoms with E-state index in [0.717, 1.165) is 21.5 Å². The van der Waals surface area contributed by atoms with Crippen molar-refractivity contribution in [2.24, 2.45) is 4.99 Å². The van der Waals surface area contributed by atoms with Crippen LogP contribution < -0.4 is 0 Å². The summed E-state index contributed by atoms with van der Waals surface area (Å²) in [5.74, 6) is 1.28. The lowest BCUT2D eigenvalue weighted by atomic mass is 10.2. The number of aliphatic imine (C=N–C) groups is 1. The van der Waals surface area contributed by atoms with Crippen molar-refractivity contribution < 1.29 is 13.9 Å². The highest BCUT2D eigenvalue weighted by Crippen LogP contribution is 2.35. The summed E-state index contributed by atoms with van der Waals surface area (Å²) in [4.78, 5) is 20.0. The van der Waals surface area contributed by atoms with Crippen molar-refractivity contribution >= 4 is 50.5 Å². The minimum absolute atomic E-state index is 0.0963. The predicted molar refractivity (Wildman–Crippen MR) is 129 cm³/mol. The number of hydrogen-bond acceptors (Lipinski definition) is 5. The number of ether oxygens (including phenoxy) is 1. The molecule has 1 aliphatic heterocycles. The summed E-state index contributed by atoms with van der Waals surface area (Å²) in [5.41, 5.74) is 1.78. The number of hydrogen-bond donors (Lipinski definition) is 0. The molecule has 3 aromatic rings. The molecule has 2 heterocycles. The summed E-state index contributed by atoms with van der Waals surface area (Å²) >= 11 is 4.79. The second kappa shape index (κ2) is 10.1. The highest BCUT2D eigenvalue weighted by molar-refractivity contribution is 9.10. The van der Waals surface area contributed by atoms with Gasteiger partial charge in [-0.2, -0.15) is 0 Å². The van der Waals surface area contributed by atoms with Gasteiger partial charge in [0.15, 0.2) is 5.17 Å². The molecule has 0 spiro atoms. The van der Waals surface area contributed by atoms with Crippen molar-refractivity contribution in [3.63, 3.8) is 0 Å². The van der Waals surface area contributed by atoms with Crippen LogP contribution in [0.5, 0.6) is 0 Å². The first-order valence-corrected chi connectivity index (χ1v) is 11.5. The van der Waals surface area contributed by atoms with E-state index >= 15 is 0 Å². The Morgan fingerprint density at radius 2 is 1.87 bits per heavy atom. The molecule has 1 aliphatic rings. The largest absolute Gasteiger partial charge is 0.457 e. The second-order valence-electron chi connectivity index (χ2n) is 6.70. The second-order valence-corrected chi connectivity index (χ2v) is 8.63.